The van der Waals surface area contributed by atoms with E-state index in [1.807, 2.05) is 0 Å². The highest BCUT2D eigenvalue weighted by atomic mass is 19.2. The Morgan fingerprint density at radius 3 is 2.86 bits per heavy atom. The fourth-order valence-corrected chi connectivity index (χ4v) is 5.19. The number of ether oxygens (including phenoxy) is 1. The number of rotatable bonds is 10. The van der Waals surface area contributed by atoms with Crippen molar-refractivity contribution < 1.29 is 27.8 Å². The number of hydrogen-bond donors (Lipinski definition) is 1. The van der Waals surface area contributed by atoms with Gasteiger partial charge in [-0.25, -0.2) is 13.2 Å². The highest BCUT2D eigenvalue weighted by molar-refractivity contribution is 5.83. The van der Waals surface area contributed by atoms with Gasteiger partial charge < -0.3 is 14.7 Å². The lowest BCUT2D eigenvalue weighted by Crippen LogP contribution is -2.44. The van der Waals surface area contributed by atoms with Crippen LogP contribution in [-0.4, -0.2) is 47.7 Å². The van der Waals surface area contributed by atoms with Crippen molar-refractivity contribution in [3.63, 3.8) is 0 Å². The number of alkyl halides is 1. The summed E-state index contributed by atoms with van der Waals surface area (Å²) in [5, 5.41) is 10.5. The minimum Gasteiger partial charge on any atom is -0.497 e. The third-order valence-corrected chi connectivity index (χ3v) is 7.22. The fraction of sp³-hybridized carbons (Fsp3) is 0.429. The number of carbonyl (C=O) groups is 1. The van der Waals surface area contributed by atoms with Gasteiger partial charge in [-0.15, -0.1) is 0 Å². The molecule has 1 saturated heterocycles. The maximum absolute atomic E-state index is 15.4. The molecule has 0 bridgehead atoms. The quantitative estimate of drug-likeness (QED) is 0.372. The summed E-state index contributed by atoms with van der Waals surface area (Å²) < 4.78 is 47.9. The molecule has 1 fully saturated rings. The van der Waals surface area contributed by atoms with Crippen LogP contribution in [0.25, 0.3) is 10.9 Å². The number of aryl methyl sites for hydroxylation is 1. The van der Waals surface area contributed by atoms with Gasteiger partial charge in [-0.05, 0) is 92.6 Å². The molecule has 0 unspecified atom stereocenters. The minimum atomic E-state index is -1.24. The summed E-state index contributed by atoms with van der Waals surface area (Å²) in [6, 6.07) is 11.2. The molecule has 1 aromatic heterocycles. The number of benzene rings is 2. The number of fused-ring (bicyclic) bond motifs is 1. The van der Waals surface area contributed by atoms with E-state index < -0.39 is 29.7 Å². The van der Waals surface area contributed by atoms with Gasteiger partial charge in [-0.2, -0.15) is 0 Å². The van der Waals surface area contributed by atoms with Crippen molar-refractivity contribution in [3.05, 3.63) is 71.4 Å². The van der Waals surface area contributed by atoms with Crippen LogP contribution in [0.15, 0.2) is 48.7 Å². The van der Waals surface area contributed by atoms with Gasteiger partial charge in [0.2, 0.25) is 0 Å². The van der Waals surface area contributed by atoms with Crippen molar-refractivity contribution in [2.24, 2.45) is 11.8 Å². The lowest BCUT2D eigenvalue weighted by atomic mass is 9.81. The molecular weight excluding hydrogens is 469 g/mol. The summed E-state index contributed by atoms with van der Waals surface area (Å²) in [7, 11) is 1.56. The average Bonchev–Trinajstić information content (AvgIpc) is 2.89. The molecule has 4 rings (SSSR count). The Hall–Kier alpha value is -3.13. The van der Waals surface area contributed by atoms with Crippen molar-refractivity contribution >= 4 is 16.9 Å². The number of pyridine rings is 1. The summed E-state index contributed by atoms with van der Waals surface area (Å²) in [5.74, 6) is -2.64. The van der Waals surface area contributed by atoms with Crippen LogP contribution in [0.1, 0.15) is 43.0 Å². The molecule has 1 aliphatic heterocycles. The van der Waals surface area contributed by atoms with Gasteiger partial charge in [-0.1, -0.05) is 12.1 Å². The molecule has 0 radical (unpaired) electrons. The van der Waals surface area contributed by atoms with Crippen LogP contribution in [0, 0.1) is 23.5 Å². The second kappa shape index (κ2) is 11.7. The highest BCUT2D eigenvalue weighted by Crippen LogP contribution is 2.35. The van der Waals surface area contributed by atoms with Gasteiger partial charge in [0, 0.05) is 18.1 Å². The average molecular weight is 501 g/mol. The molecule has 0 saturated carbocycles. The summed E-state index contributed by atoms with van der Waals surface area (Å²) in [4.78, 5) is 18.4. The number of carboxylic acid groups (broad SMARTS) is 1. The van der Waals surface area contributed by atoms with Crippen molar-refractivity contribution in [2.45, 2.75) is 38.3 Å². The number of carboxylic acids is 1. The number of nitrogens with zero attached hydrogens (tertiary/aromatic N) is 2. The molecule has 1 aliphatic rings. The Balaban J connectivity index is 1.33. The Morgan fingerprint density at radius 2 is 2.08 bits per heavy atom. The molecule has 0 spiro atoms. The Kier molecular flexibility index (Phi) is 8.46. The third kappa shape index (κ3) is 5.98. The maximum Gasteiger partial charge on any atom is 0.308 e. The van der Waals surface area contributed by atoms with Crippen LogP contribution >= 0.6 is 0 Å². The van der Waals surface area contributed by atoms with Crippen molar-refractivity contribution in [1.29, 1.82) is 0 Å². The van der Waals surface area contributed by atoms with Crippen molar-refractivity contribution in [1.82, 2.24) is 9.88 Å². The SMILES string of the molecule is COc1ccc2nccc([C@@H](F)CC[C@@H]3CCN(CCCc4cccc(F)c4F)C[C@@H]3C(=O)O)c2c1. The number of halogens is 3. The number of aliphatic carboxylic acids is 1. The molecule has 1 N–H and O–H groups in total. The monoisotopic (exact) mass is 500 g/mol. The molecule has 3 aromatic rings. The molecule has 36 heavy (non-hydrogen) atoms. The zero-order valence-corrected chi connectivity index (χ0v) is 20.3. The Morgan fingerprint density at radius 1 is 1.25 bits per heavy atom. The number of likely N-dealkylation sites (tertiary alicyclic amines) is 1. The molecule has 3 atom stereocenters. The highest BCUT2D eigenvalue weighted by Gasteiger charge is 2.34. The topological polar surface area (TPSA) is 62.7 Å². The van der Waals surface area contributed by atoms with E-state index in [-0.39, 0.29) is 12.3 Å². The first-order chi connectivity index (χ1) is 17.4. The molecule has 2 heterocycles. The van der Waals surface area contributed by atoms with E-state index in [9.17, 15) is 18.7 Å². The lowest BCUT2D eigenvalue weighted by molar-refractivity contribution is -0.146. The first-order valence-electron chi connectivity index (χ1n) is 12.3. The second-order valence-electron chi connectivity index (χ2n) is 9.44. The predicted octanol–water partition coefficient (Wildman–Crippen LogP) is 5.97. The van der Waals surface area contributed by atoms with Crippen LogP contribution < -0.4 is 4.74 Å². The van der Waals surface area contributed by atoms with Gasteiger partial charge in [0.05, 0.1) is 18.5 Å². The molecule has 5 nitrogen and oxygen atoms in total. The van der Waals surface area contributed by atoms with Crippen molar-refractivity contribution in [3.8, 4) is 5.75 Å². The van der Waals surface area contributed by atoms with Crippen LogP contribution in [-0.2, 0) is 11.2 Å². The van der Waals surface area contributed by atoms with E-state index in [0.29, 0.717) is 73.1 Å². The summed E-state index contributed by atoms with van der Waals surface area (Å²) >= 11 is 0. The normalized spacial score (nSPS) is 19.3. The second-order valence-corrected chi connectivity index (χ2v) is 9.44. The van der Waals surface area contributed by atoms with Crippen LogP contribution in [0.5, 0.6) is 5.75 Å². The van der Waals surface area contributed by atoms with Crippen LogP contribution in [0.2, 0.25) is 0 Å². The van der Waals surface area contributed by atoms with E-state index >= 15 is 4.39 Å². The molecule has 2 aromatic carbocycles. The van der Waals surface area contributed by atoms with Gasteiger partial charge in [0.15, 0.2) is 11.6 Å². The summed E-state index contributed by atoms with van der Waals surface area (Å²) in [5.41, 5.74) is 1.55. The number of aromatic nitrogens is 1. The third-order valence-electron chi connectivity index (χ3n) is 7.22. The standard InChI is InChI=1S/C28H31F3N2O3/c1-36-20-8-10-26-22(16-20)21(11-13-32-26)24(29)9-7-18-12-15-33(17-23(18)28(34)35)14-3-5-19-4-2-6-25(30)27(19)31/h2,4,6,8,10-11,13,16,18,23-24H,3,5,7,9,12,14-15,17H2,1H3,(H,34,35)/t18-,23+,24+/m1/s1. The van der Waals surface area contributed by atoms with Crippen LogP contribution in [0.4, 0.5) is 13.2 Å². The van der Waals surface area contributed by atoms with Gasteiger partial charge in [-0.3, -0.25) is 9.78 Å². The van der Waals surface area contributed by atoms with Crippen LogP contribution in [0.3, 0.4) is 0 Å². The Labute approximate surface area is 208 Å². The molecule has 0 aliphatic carbocycles. The first kappa shape index (κ1) is 25.9. The van der Waals surface area contributed by atoms with Gasteiger partial charge in [0.25, 0.3) is 0 Å². The molecule has 0 amide bonds. The number of piperidine rings is 1. The maximum atomic E-state index is 15.4. The summed E-state index contributed by atoms with van der Waals surface area (Å²) in [6.07, 6.45) is 2.68. The number of hydrogen-bond acceptors (Lipinski definition) is 4. The summed E-state index contributed by atoms with van der Waals surface area (Å²) in [6.45, 7) is 1.67. The fourth-order valence-electron chi connectivity index (χ4n) is 5.19. The molecule has 192 valence electrons. The predicted molar refractivity (Wildman–Crippen MR) is 132 cm³/mol. The van der Waals surface area contributed by atoms with Gasteiger partial charge in [0.1, 0.15) is 11.9 Å². The van der Waals surface area contributed by atoms with E-state index in [1.165, 1.54) is 6.07 Å². The smallest absolute Gasteiger partial charge is 0.308 e. The van der Waals surface area contributed by atoms with E-state index in [0.717, 1.165) is 6.07 Å². The van der Waals surface area contributed by atoms with E-state index in [1.54, 1.807) is 43.6 Å². The first-order valence-corrected chi connectivity index (χ1v) is 12.3. The minimum absolute atomic E-state index is 0.125. The lowest BCUT2D eigenvalue weighted by Gasteiger charge is -2.37. The number of methoxy groups -OCH3 is 1. The largest absolute Gasteiger partial charge is 0.497 e. The zero-order valence-electron chi connectivity index (χ0n) is 20.3. The van der Waals surface area contributed by atoms with E-state index in [2.05, 4.69) is 9.88 Å². The van der Waals surface area contributed by atoms with Crippen molar-refractivity contribution in [2.75, 3.05) is 26.7 Å². The zero-order chi connectivity index (χ0) is 25.7. The van der Waals surface area contributed by atoms with E-state index in [4.69, 9.17) is 4.74 Å². The Bertz CT molecular complexity index is 1210. The molecular formula is C28H31F3N2O3. The molecule has 8 heteroatoms. The van der Waals surface area contributed by atoms with Gasteiger partial charge >= 0.3 is 5.97 Å².